The van der Waals surface area contributed by atoms with Crippen molar-refractivity contribution in [3.63, 3.8) is 0 Å². The Kier molecular flexibility index (Phi) is 5.17. The van der Waals surface area contributed by atoms with Crippen LogP contribution in [0.15, 0.2) is 53.1 Å². The van der Waals surface area contributed by atoms with Crippen LogP contribution in [0.4, 0.5) is 17.2 Å². The van der Waals surface area contributed by atoms with E-state index in [9.17, 15) is 4.79 Å². The van der Waals surface area contributed by atoms with E-state index >= 15 is 0 Å². The Bertz CT molecular complexity index is 873. The molecule has 0 atom stereocenters. The fraction of sp³-hybridized carbons (Fsp3) is 0.211. The van der Waals surface area contributed by atoms with Gasteiger partial charge in [0.25, 0.3) is 5.91 Å². The summed E-state index contributed by atoms with van der Waals surface area (Å²) < 4.78 is 5.28. The summed E-state index contributed by atoms with van der Waals surface area (Å²) in [7, 11) is 3.93. The molecule has 0 radical (unpaired) electrons. The van der Waals surface area contributed by atoms with Gasteiger partial charge in [0.15, 0.2) is 0 Å². The molecule has 0 spiro atoms. The van der Waals surface area contributed by atoms with Crippen molar-refractivity contribution in [3.8, 4) is 0 Å². The predicted octanol–water partition coefficient (Wildman–Crippen LogP) is 3.31. The van der Waals surface area contributed by atoms with E-state index in [1.165, 1.54) is 0 Å². The maximum absolute atomic E-state index is 12.5. The van der Waals surface area contributed by atoms with Crippen LogP contribution >= 0.6 is 0 Å². The molecule has 0 bridgehead atoms. The summed E-state index contributed by atoms with van der Waals surface area (Å²) in [6.07, 6.45) is 1.61. The van der Waals surface area contributed by atoms with Crippen molar-refractivity contribution in [2.45, 2.75) is 13.5 Å². The van der Waals surface area contributed by atoms with Gasteiger partial charge in [-0.2, -0.15) is 0 Å². The number of carbonyl (C=O) groups excluding carboxylic acids is 1. The average molecular weight is 351 g/mol. The topological polar surface area (TPSA) is 83.3 Å². The number of rotatable bonds is 6. The van der Waals surface area contributed by atoms with Gasteiger partial charge in [-0.25, -0.2) is 9.97 Å². The van der Waals surface area contributed by atoms with Crippen molar-refractivity contribution in [3.05, 3.63) is 66.0 Å². The molecule has 2 heterocycles. The Balaban J connectivity index is 1.70. The summed E-state index contributed by atoms with van der Waals surface area (Å²) >= 11 is 0. The molecule has 1 aromatic carbocycles. The van der Waals surface area contributed by atoms with Crippen molar-refractivity contribution in [1.29, 1.82) is 0 Å². The van der Waals surface area contributed by atoms with Gasteiger partial charge < -0.3 is 20.0 Å². The number of carbonyl (C=O) groups is 1. The second-order valence-corrected chi connectivity index (χ2v) is 6.01. The molecular formula is C19H21N5O2. The number of benzene rings is 1. The van der Waals surface area contributed by atoms with Gasteiger partial charge in [-0.3, -0.25) is 4.79 Å². The lowest BCUT2D eigenvalue weighted by atomic mass is 10.2. The Hall–Kier alpha value is -3.35. The van der Waals surface area contributed by atoms with Crippen LogP contribution in [0.5, 0.6) is 0 Å². The molecule has 7 heteroatoms. The van der Waals surface area contributed by atoms with E-state index in [1.807, 2.05) is 55.4 Å². The molecule has 2 N–H and O–H groups in total. The highest BCUT2D eigenvalue weighted by Gasteiger charge is 2.11. The third-order valence-corrected chi connectivity index (χ3v) is 3.74. The molecule has 0 saturated heterocycles. The number of hydrogen-bond acceptors (Lipinski definition) is 6. The molecule has 0 saturated carbocycles. The molecule has 2 aromatic heterocycles. The number of amides is 1. The molecule has 26 heavy (non-hydrogen) atoms. The highest BCUT2D eigenvalue weighted by Crippen LogP contribution is 2.17. The number of hydrogen-bond donors (Lipinski definition) is 2. The van der Waals surface area contributed by atoms with Crippen molar-refractivity contribution in [1.82, 2.24) is 9.97 Å². The molecule has 0 fully saturated rings. The van der Waals surface area contributed by atoms with Crippen LogP contribution in [0, 0.1) is 6.92 Å². The summed E-state index contributed by atoms with van der Waals surface area (Å²) in [5.41, 5.74) is 2.07. The third-order valence-electron chi connectivity index (χ3n) is 3.74. The lowest BCUT2D eigenvalue weighted by Crippen LogP contribution is -2.16. The maximum atomic E-state index is 12.5. The first-order valence-electron chi connectivity index (χ1n) is 8.22. The molecule has 3 aromatic rings. The zero-order valence-electron chi connectivity index (χ0n) is 15.0. The smallest absolute Gasteiger partial charge is 0.274 e. The molecular weight excluding hydrogens is 330 g/mol. The first kappa shape index (κ1) is 17.5. The molecule has 0 unspecified atom stereocenters. The molecule has 0 aliphatic heterocycles. The van der Waals surface area contributed by atoms with Gasteiger partial charge in [0.2, 0.25) is 0 Å². The lowest BCUT2D eigenvalue weighted by molar-refractivity contribution is 0.102. The number of nitrogens with zero attached hydrogens (tertiary/aromatic N) is 3. The molecule has 0 aliphatic carbocycles. The SMILES string of the molecule is Cc1nc(NCc2ccco2)cc(C(=O)Nc2ccc(N(C)C)cc2)n1. The Morgan fingerprint density at radius 2 is 1.92 bits per heavy atom. The van der Waals surface area contributed by atoms with Crippen molar-refractivity contribution >= 4 is 23.1 Å². The van der Waals surface area contributed by atoms with Crippen LogP contribution in [-0.4, -0.2) is 30.0 Å². The predicted molar refractivity (Wildman–Crippen MR) is 102 cm³/mol. The van der Waals surface area contributed by atoms with Crippen molar-refractivity contribution < 1.29 is 9.21 Å². The van der Waals surface area contributed by atoms with Gasteiger partial charge in [-0.1, -0.05) is 0 Å². The molecule has 1 amide bonds. The van der Waals surface area contributed by atoms with E-state index in [0.29, 0.717) is 29.6 Å². The van der Waals surface area contributed by atoms with E-state index in [4.69, 9.17) is 4.42 Å². The fourth-order valence-electron chi connectivity index (χ4n) is 2.40. The monoisotopic (exact) mass is 351 g/mol. The van der Waals surface area contributed by atoms with Crippen LogP contribution in [-0.2, 0) is 6.54 Å². The summed E-state index contributed by atoms with van der Waals surface area (Å²) in [6.45, 7) is 2.23. The van der Waals surface area contributed by atoms with E-state index in [0.717, 1.165) is 11.4 Å². The first-order valence-corrected chi connectivity index (χ1v) is 8.22. The minimum Gasteiger partial charge on any atom is -0.467 e. The van der Waals surface area contributed by atoms with Gasteiger partial charge in [0, 0.05) is 31.5 Å². The fourth-order valence-corrected chi connectivity index (χ4v) is 2.40. The third kappa shape index (κ3) is 4.38. The van der Waals surface area contributed by atoms with E-state index in [1.54, 1.807) is 19.3 Å². The standard InChI is InChI=1S/C19H21N5O2/c1-13-21-17(11-18(22-13)20-12-16-5-4-10-26-16)19(25)23-14-6-8-15(9-7-14)24(2)3/h4-11H,12H2,1-3H3,(H,23,25)(H,20,21,22). The maximum Gasteiger partial charge on any atom is 0.274 e. The van der Waals surface area contributed by atoms with Gasteiger partial charge in [-0.15, -0.1) is 0 Å². The van der Waals surface area contributed by atoms with Gasteiger partial charge in [0.1, 0.15) is 23.1 Å². The average Bonchev–Trinajstić information content (AvgIpc) is 3.13. The number of aryl methyl sites for hydroxylation is 1. The number of anilines is 3. The van der Waals surface area contributed by atoms with E-state index in [2.05, 4.69) is 20.6 Å². The highest BCUT2D eigenvalue weighted by molar-refractivity contribution is 6.03. The second-order valence-electron chi connectivity index (χ2n) is 6.01. The van der Waals surface area contributed by atoms with Crippen molar-refractivity contribution in [2.75, 3.05) is 29.6 Å². The summed E-state index contributed by atoms with van der Waals surface area (Å²) in [6, 6.07) is 12.9. The number of nitrogens with one attached hydrogen (secondary N) is 2. The van der Waals surface area contributed by atoms with Gasteiger partial charge >= 0.3 is 0 Å². The van der Waals surface area contributed by atoms with Crippen LogP contribution in [0.2, 0.25) is 0 Å². The lowest BCUT2D eigenvalue weighted by Gasteiger charge is -2.13. The number of aromatic nitrogens is 2. The zero-order chi connectivity index (χ0) is 18.5. The minimum absolute atomic E-state index is 0.283. The Morgan fingerprint density at radius 1 is 1.15 bits per heavy atom. The molecule has 0 aliphatic rings. The van der Waals surface area contributed by atoms with E-state index < -0.39 is 0 Å². The summed E-state index contributed by atoms with van der Waals surface area (Å²) in [5, 5.41) is 5.99. The van der Waals surface area contributed by atoms with Crippen LogP contribution < -0.4 is 15.5 Å². The van der Waals surface area contributed by atoms with E-state index in [-0.39, 0.29) is 5.91 Å². The minimum atomic E-state index is -0.283. The van der Waals surface area contributed by atoms with Crippen LogP contribution in [0.1, 0.15) is 22.1 Å². The molecule has 7 nitrogen and oxygen atoms in total. The number of furan rings is 1. The van der Waals surface area contributed by atoms with Gasteiger partial charge in [-0.05, 0) is 43.3 Å². The summed E-state index contributed by atoms with van der Waals surface area (Å²) in [4.78, 5) is 23.0. The molecule has 134 valence electrons. The quantitative estimate of drug-likeness (QED) is 0.709. The zero-order valence-corrected chi connectivity index (χ0v) is 15.0. The largest absolute Gasteiger partial charge is 0.467 e. The first-order chi connectivity index (χ1) is 12.5. The highest BCUT2D eigenvalue weighted by atomic mass is 16.3. The normalized spacial score (nSPS) is 10.4. The van der Waals surface area contributed by atoms with Crippen molar-refractivity contribution in [2.24, 2.45) is 0 Å². The Morgan fingerprint density at radius 3 is 2.58 bits per heavy atom. The van der Waals surface area contributed by atoms with Gasteiger partial charge in [0.05, 0.1) is 12.8 Å². The summed E-state index contributed by atoms with van der Waals surface area (Å²) in [5.74, 6) is 1.59. The molecule has 3 rings (SSSR count). The second kappa shape index (κ2) is 7.69. The van der Waals surface area contributed by atoms with Crippen LogP contribution in [0.3, 0.4) is 0 Å². The van der Waals surface area contributed by atoms with Crippen LogP contribution in [0.25, 0.3) is 0 Å². The Labute approximate surface area is 152 Å².